The lowest BCUT2D eigenvalue weighted by molar-refractivity contribution is 0.208. The van der Waals surface area contributed by atoms with Crippen molar-refractivity contribution in [1.82, 2.24) is 15.2 Å². The first-order valence-electron chi connectivity index (χ1n) is 8.40. The molecular weight excluding hydrogens is 415 g/mol. The molecule has 1 aromatic heterocycles. The molecule has 2 heterocycles. The average molecular weight is 446 g/mol. The first-order valence-corrected chi connectivity index (χ1v) is 8.40. The molecule has 1 aliphatic heterocycles. The van der Waals surface area contributed by atoms with Crippen molar-refractivity contribution < 1.29 is 4.74 Å². The lowest BCUT2D eigenvalue weighted by Crippen LogP contribution is -2.48. The summed E-state index contributed by atoms with van der Waals surface area (Å²) < 4.78 is 5.49. The highest BCUT2D eigenvalue weighted by molar-refractivity contribution is 14.0. The molecule has 1 N–H and O–H groups in total. The smallest absolute Gasteiger partial charge is 0.193 e. The van der Waals surface area contributed by atoms with E-state index in [0.29, 0.717) is 18.4 Å². The highest BCUT2D eigenvalue weighted by Gasteiger charge is 2.24. The Morgan fingerprint density at radius 2 is 1.96 bits per heavy atom. The topological polar surface area (TPSA) is 49.8 Å². The van der Waals surface area contributed by atoms with Crippen LogP contribution in [0.15, 0.2) is 11.2 Å². The van der Waals surface area contributed by atoms with Crippen molar-refractivity contribution >= 4 is 29.9 Å². The number of hydrogen-bond donors (Lipinski definition) is 1. The second-order valence-electron chi connectivity index (χ2n) is 6.80. The maximum absolute atomic E-state index is 5.49. The number of likely N-dealkylation sites (tertiary alicyclic amines) is 1. The van der Waals surface area contributed by atoms with Crippen LogP contribution in [0.3, 0.4) is 0 Å². The van der Waals surface area contributed by atoms with Crippen molar-refractivity contribution in [1.29, 1.82) is 0 Å². The predicted molar refractivity (Wildman–Crippen MR) is 110 cm³/mol. The molecule has 1 aliphatic rings. The first-order chi connectivity index (χ1) is 11.0. The molecule has 1 aromatic rings. The fourth-order valence-corrected chi connectivity index (χ4v) is 3.58. The van der Waals surface area contributed by atoms with Gasteiger partial charge in [-0.15, -0.1) is 24.0 Å². The highest BCUT2D eigenvalue weighted by atomic mass is 127. The Morgan fingerprint density at radius 1 is 1.33 bits per heavy atom. The third-order valence-electron chi connectivity index (χ3n) is 4.54. The van der Waals surface area contributed by atoms with Crippen LogP contribution in [0.2, 0.25) is 0 Å². The van der Waals surface area contributed by atoms with Gasteiger partial charge in [0.05, 0.1) is 19.3 Å². The van der Waals surface area contributed by atoms with Crippen molar-refractivity contribution in [3.05, 3.63) is 23.0 Å². The zero-order chi connectivity index (χ0) is 17.0. The Hall–Kier alpha value is -1.05. The van der Waals surface area contributed by atoms with Crippen molar-refractivity contribution in [3.63, 3.8) is 0 Å². The number of guanidine groups is 1. The van der Waals surface area contributed by atoms with E-state index in [1.807, 2.05) is 20.2 Å². The molecule has 24 heavy (non-hydrogen) atoms. The summed E-state index contributed by atoms with van der Waals surface area (Å²) in [5.74, 6) is 3.30. The molecule has 6 heteroatoms. The minimum Gasteiger partial charge on any atom is -0.496 e. The van der Waals surface area contributed by atoms with Gasteiger partial charge in [-0.2, -0.15) is 0 Å². The highest BCUT2D eigenvalue weighted by Crippen LogP contribution is 2.24. The monoisotopic (exact) mass is 446 g/mol. The Kier molecular flexibility index (Phi) is 8.26. The number of ether oxygens (including phenoxy) is 1. The molecule has 0 amide bonds. The van der Waals surface area contributed by atoms with Gasteiger partial charge < -0.3 is 15.0 Å². The molecule has 5 nitrogen and oxygen atoms in total. The second kappa shape index (κ2) is 9.44. The second-order valence-corrected chi connectivity index (χ2v) is 6.80. The molecule has 136 valence electrons. The van der Waals surface area contributed by atoms with E-state index in [4.69, 9.17) is 4.74 Å². The Balaban J connectivity index is 0.00000288. The average Bonchev–Trinajstić information content (AvgIpc) is 2.49. The number of aromatic nitrogens is 1. The van der Waals surface area contributed by atoms with Gasteiger partial charge in [0.1, 0.15) is 5.75 Å². The van der Waals surface area contributed by atoms with Crippen LogP contribution in [0.25, 0.3) is 0 Å². The minimum absolute atomic E-state index is 0. The molecule has 2 rings (SSSR count). The number of halogens is 1. The quantitative estimate of drug-likeness (QED) is 0.440. The first kappa shape index (κ1) is 21.0. The molecule has 1 fully saturated rings. The van der Waals surface area contributed by atoms with E-state index in [0.717, 1.165) is 41.6 Å². The minimum atomic E-state index is 0. The number of piperidine rings is 1. The van der Waals surface area contributed by atoms with E-state index in [1.54, 1.807) is 7.11 Å². The fourth-order valence-electron chi connectivity index (χ4n) is 3.58. The van der Waals surface area contributed by atoms with Gasteiger partial charge in [0.2, 0.25) is 0 Å². The normalized spacial score (nSPS) is 21.2. The van der Waals surface area contributed by atoms with E-state index in [-0.39, 0.29) is 24.0 Å². The van der Waals surface area contributed by atoms with Gasteiger partial charge >= 0.3 is 0 Å². The van der Waals surface area contributed by atoms with Gasteiger partial charge in [-0.25, -0.2) is 0 Å². The molecule has 0 aromatic carbocycles. The Morgan fingerprint density at radius 3 is 2.50 bits per heavy atom. The zero-order valence-electron chi connectivity index (χ0n) is 15.7. The number of aryl methyl sites for hydroxylation is 1. The van der Waals surface area contributed by atoms with Gasteiger partial charge in [-0.05, 0) is 32.1 Å². The molecule has 0 saturated carbocycles. The van der Waals surface area contributed by atoms with Gasteiger partial charge in [-0.3, -0.25) is 9.98 Å². The number of pyridine rings is 1. The number of nitrogens with one attached hydrogen (secondary N) is 1. The number of aliphatic imine (C=N–C) groups is 1. The molecule has 0 bridgehead atoms. The fraction of sp³-hybridized carbons (Fsp3) is 0.667. The van der Waals surface area contributed by atoms with Crippen LogP contribution in [0.1, 0.15) is 37.1 Å². The van der Waals surface area contributed by atoms with Crippen LogP contribution in [-0.2, 0) is 6.54 Å². The SMILES string of the molecule is CN=C(NCc1ncc(C)c(OC)c1C)N1CC(C)CC(C)C1.I. The van der Waals surface area contributed by atoms with E-state index < -0.39 is 0 Å². The number of hydrogen-bond acceptors (Lipinski definition) is 3. The molecule has 2 unspecified atom stereocenters. The summed E-state index contributed by atoms with van der Waals surface area (Å²) in [6.45, 7) is 11.5. The molecule has 0 spiro atoms. The zero-order valence-corrected chi connectivity index (χ0v) is 18.0. The van der Waals surface area contributed by atoms with E-state index >= 15 is 0 Å². The molecular formula is C18H31IN4O. The number of nitrogens with zero attached hydrogens (tertiary/aromatic N) is 3. The van der Waals surface area contributed by atoms with Gasteiger partial charge in [-0.1, -0.05) is 13.8 Å². The standard InChI is InChI=1S/C18H30N4O.HI/c1-12-7-13(2)11-22(10-12)18(19-5)21-9-16-15(4)17(23-6)14(3)8-20-16;/h8,12-13H,7,9-11H2,1-6H3,(H,19,21);1H. The van der Waals surface area contributed by atoms with Crippen LogP contribution in [0.5, 0.6) is 5.75 Å². The van der Waals surface area contributed by atoms with Gasteiger partial charge in [0.15, 0.2) is 5.96 Å². The predicted octanol–water partition coefficient (Wildman–Crippen LogP) is 3.38. The van der Waals surface area contributed by atoms with E-state index in [2.05, 4.69) is 41.0 Å². The summed E-state index contributed by atoms with van der Waals surface area (Å²) >= 11 is 0. The summed E-state index contributed by atoms with van der Waals surface area (Å²) in [7, 11) is 3.56. The van der Waals surface area contributed by atoms with Crippen LogP contribution in [-0.4, -0.2) is 43.1 Å². The van der Waals surface area contributed by atoms with Crippen LogP contribution >= 0.6 is 24.0 Å². The summed E-state index contributed by atoms with van der Waals surface area (Å²) in [5, 5.41) is 3.47. The van der Waals surface area contributed by atoms with E-state index in [9.17, 15) is 0 Å². The van der Waals surface area contributed by atoms with Crippen LogP contribution in [0.4, 0.5) is 0 Å². The van der Waals surface area contributed by atoms with Crippen LogP contribution < -0.4 is 10.1 Å². The number of rotatable bonds is 3. The third-order valence-corrected chi connectivity index (χ3v) is 4.54. The Labute approximate surface area is 163 Å². The lowest BCUT2D eigenvalue weighted by atomic mass is 9.92. The maximum Gasteiger partial charge on any atom is 0.193 e. The van der Waals surface area contributed by atoms with Crippen molar-refractivity contribution in [2.45, 2.75) is 40.7 Å². The Bertz CT molecular complexity index is 566. The van der Waals surface area contributed by atoms with Gasteiger partial charge in [0.25, 0.3) is 0 Å². The summed E-state index contributed by atoms with van der Waals surface area (Å²) in [5.41, 5.74) is 3.17. The summed E-state index contributed by atoms with van der Waals surface area (Å²) in [6.07, 6.45) is 3.17. The molecule has 2 atom stereocenters. The maximum atomic E-state index is 5.49. The third kappa shape index (κ3) is 4.97. The number of methoxy groups -OCH3 is 1. The van der Waals surface area contributed by atoms with Crippen molar-refractivity contribution in [2.75, 3.05) is 27.2 Å². The van der Waals surface area contributed by atoms with Crippen molar-refractivity contribution in [3.8, 4) is 5.75 Å². The van der Waals surface area contributed by atoms with E-state index in [1.165, 1.54) is 6.42 Å². The summed E-state index contributed by atoms with van der Waals surface area (Å²) in [4.78, 5) is 11.4. The van der Waals surface area contributed by atoms with Gasteiger partial charge in [0, 0.05) is 37.5 Å². The largest absolute Gasteiger partial charge is 0.496 e. The molecule has 0 aliphatic carbocycles. The van der Waals surface area contributed by atoms with Crippen LogP contribution in [0, 0.1) is 25.7 Å². The molecule has 0 radical (unpaired) electrons. The summed E-state index contributed by atoms with van der Waals surface area (Å²) in [6, 6.07) is 0. The van der Waals surface area contributed by atoms with Crippen molar-refractivity contribution in [2.24, 2.45) is 16.8 Å². The lowest BCUT2D eigenvalue weighted by Gasteiger charge is -2.37. The molecule has 1 saturated heterocycles.